The van der Waals surface area contributed by atoms with Gasteiger partial charge in [-0.15, -0.1) is 5.10 Å². The Labute approximate surface area is 132 Å². The first-order valence-corrected chi connectivity index (χ1v) is 7.99. The predicted octanol–water partition coefficient (Wildman–Crippen LogP) is 1.87. The van der Waals surface area contributed by atoms with Gasteiger partial charge in [-0.1, -0.05) is 15.8 Å². The molecule has 1 aliphatic rings. The number of hydrogen-bond donors (Lipinski definition) is 0. The van der Waals surface area contributed by atoms with E-state index in [0.717, 1.165) is 27.5 Å². The van der Waals surface area contributed by atoms with Crippen molar-refractivity contribution in [2.24, 2.45) is 12.0 Å². The summed E-state index contributed by atoms with van der Waals surface area (Å²) in [4.78, 5) is 17.5. The van der Waals surface area contributed by atoms with Crippen LogP contribution in [0.5, 0.6) is 11.5 Å². The molecule has 2 aromatic heterocycles. The van der Waals surface area contributed by atoms with Crippen LogP contribution in [-0.2, 0) is 7.05 Å². The molecule has 3 aromatic rings. The highest BCUT2D eigenvalue weighted by Crippen LogP contribution is 2.36. The minimum Gasteiger partial charge on any atom is -0.454 e. The molecular formula is C13H10N4O3S2. The third-order valence-corrected chi connectivity index (χ3v) is 5.26. The third-order valence-electron chi connectivity index (χ3n) is 3.35. The van der Waals surface area contributed by atoms with E-state index >= 15 is 0 Å². The minimum atomic E-state index is -0.324. The maximum Gasteiger partial charge on any atom is 0.293 e. The van der Waals surface area contributed by atoms with E-state index in [-0.39, 0.29) is 12.7 Å². The Morgan fingerprint density at radius 2 is 2.14 bits per heavy atom. The van der Waals surface area contributed by atoms with E-state index < -0.39 is 0 Å². The molecule has 22 heavy (non-hydrogen) atoms. The molecule has 0 saturated carbocycles. The van der Waals surface area contributed by atoms with Crippen molar-refractivity contribution < 1.29 is 14.3 Å². The number of fused-ring (bicyclic) bond motifs is 2. The molecule has 0 saturated heterocycles. The van der Waals surface area contributed by atoms with Gasteiger partial charge in [-0.2, -0.15) is 4.99 Å². The highest BCUT2D eigenvalue weighted by Gasteiger charge is 2.17. The van der Waals surface area contributed by atoms with Crippen LogP contribution in [0.15, 0.2) is 17.1 Å². The Balaban J connectivity index is 1.86. The number of ether oxygens (including phenoxy) is 2. The molecule has 7 nitrogen and oxygen atoms in total. The van der Waals surface area contributed by atoms with E-state index in [1.54, 1.807) is 6.92 Å². The summed E-state index contributed by atoms with van der Waals surface area (Å²) in [6.45, 7) is 1.99. The van der Waals surface area contributed by atoms with Crippen LogP contribution in [0.2, 0.25) is 0 Å². The van der Waals surface area contributed by atoms with Crippen molar-refractivity contribution in [3.63, 3.8) is 0 Å². The van der Waals surface area contributed by atoms with Crippen LogP contribution in [0.4, 0.5) is 0 Å². The van der Waals surface area contributed by atoms with Crippen molar-refractivity contribution in [1.82, 2.24) is 14.2 Å². The number of thiazole rings is 1. The molecule has 3 heterocycles. The number of rotatable bonds is 1. The molecule has 1 aliphatic heterocycles. The van der Waals surface area contributed by atoms with Crippen molar-refractivity contribution in [2.75, 3.05) is 6.79 Å². The summed E-state index contributed by atoms with van der Waals surface area (Å²) in [7, 11) is 1.87. The predicted molar refractivity (Wildman–Crippen MR) is 81.5 cm³/mol. The van der Waals surface area contributed by atoms with Gasteiger partial charge < -0.3 is 14.0 Å². The van der Waals surface area contributed by atoms with Gasteiger partial charge in [-0.05, 0) is 18.5 Å². The molecule has 0 spiro atoms. The van der Waals surface area contributed by atoms with E-state index in [4.69, 9.17) is 9.47 Å². The summed E-state index contributed by atoms with van der Waals surface area (Å²) < 4.78 is 17.4. The molecule has 1 aromatic carbocycles. The molecule has 0 radical (unpaired) electrons. The van der Waals surface area contributed by atoms with E-state index in [1.807, 2.05) is 23.7 Å². The minimum absolute atomic E-state index is 0.240. The molecule has 9 heteroatoms. The Kier molecular flexibility index (Phi) is 2.98. The summed E-state index contributed by atoms with van der Waals surface area (Å²) >= 11 is 2.48. The highest BCUT2D eigenvalue weighted by molar-refractivity contribution is 7.16. The van der Waals surface area contributed by atoms with Crippen molar-refractivity contribution in [3.05, 3.63) is 27.5 Å². The second-order valence-electron chi connectivity index (χ2n) is 4.72. The van der Waals surface area contributed by atoms with Gasteiger partial charge in [-0.3, -0.25) is 4.79 Å². The molecule has 4 rings (SSSR count). The molecule has 0 fully saturated rings. The normalized spacial score (nSPS) is 14.0. The van der Waals surface area contributed by atoms with Gasteiger partial charge in [0.05, 0.1) is 15.9 Å². The highest BCUT2D eigenvalue weighted by atomic mass is 32.1. The molecule has 112 valence electrons. The first-order valence-electron chi connectivity index (χ1n) is 6.40. The largest absolute Gasteiger partial charge is 0.454 e. The molecule has 0 unspecified atom stereocenters. The van der Waals surface area contributed by atoms with Gasteiger partial charge in [0.25, 0.3) is 5.91 Å². The van der Waals surface area contributed by atoms with Crippen molar-refractivity contribution in [1.29, 1.82) is 0 Å². The number of aryl methyl sites for hydroxylation is 2. The Morgan fingerprint density at radius 1 is 1.36 bits per heavy atom. The fourth-order valence-corrected chi connectivity index (χ4v) is 3.76. The Bertz CT molecular complexity index is 969. The SMILES string of the molecule is Cc1nnsc1C(=O)N=c1sc2cc3c(cc2n1C)OCO3. The van der Waals surface area contributed by atoms with Crippen LogP contribution in [0.25, 0.3) is 10.2 Å². The van der Waals surface area contributed by atoms with Gasteiger partial charge in [0.1, 0.15) is 4.88 Å². The maximum absolute atomic E-state index is 12.2. The van der Waals surface area contributed by atoms with Crippen LogP contribution in [0, 0.1) is 6.92 Å². The fourth-order valence-electron chi connectivity index (χ4n) is 2.19. The Morgan fingerprint density at radius 3 is 2.86 bits per heavy atom. The average molecular weight is 334 g/mol. The van der Waals surface area contributed by atoms with Gasteiger partial charge in [0.15, 0.2) is 16.3 Å². The maximum atomic E-state index is 12.2. The first kappa shape index (κ1) is 13.4. The lowest BCUT2D eigenvalue weighted by Crippen LogP contribution is -2.13. The van der Waals surface area contributed by atoms with Crippen LogP contribution >= 0.6 is 22.9 Å². The fraction of sp³-hybridized carbons (Fsp3) is 0.231. The molecule has 0 aliphatic carbocycles. The second-order valence-corrected chi connectivity index (χ2v) is 6.48. The van der Waals surface area contributed by atoms with Gasteiger partial charge >= 0.3 is 0 Å². The number of carbonyl (C=O) groups excluding carboxylic acids is 1. The first-order chi connectivity index (χ1) is 10.6. The van der Waals surface area contributed by atoms with E-state index in [0.29, 0.717) is 21.1 Å². The summed E-state index contributed by atoms with van der Waals surface area (Å²) in [5.74, 6) is 1.10. The number of aromatic nitrogens is 3. The van der Waals surface area contributed by atoms with Crippen molar-refractivity contribution in [3.8, 4) is 11.5 Å². The van der Waals surface area contributed by atoms with E-state index in [1.165, 1.54) is 11.3 Å². The van der Waals surface area contributed by atoms with Crippen LogP contribution in [0.3, 0.4) is 0 Å². The number of carbonyl (C=O) groups is 1. The number of hydrogen-bond acceptors (Lipinski definition) is 7. The monoisotopic (exact) mass is 334 g/mol. The van der Waals surface area contributed by atoms with E-state index in [9.17, 15) is 4.79 Å². The number of benzene rings is 1. The molecule has 1 amide bonds. The van der Waals surface area contributed by atoms with E-state index in [2.05, 4.69) is 14.6 Å². The van der Waals surface area contributed by atoms with Crippen LogP contribution < -0.4 is 14.3 Å². The topological polar surface area (TPSA) is 78.6 Å². The lowest BCUT2D eigenvalue weighted by Gasteiger charge is -1.98. The molecule has 0 atom stereocenters. The Hall–Kier alpha value is -2.26. The van der Waals surface area contributed by atoms with Gasteiger partial charge in [-0.25, -0.2) is 0 Å². The summed E-state index contributed by atoms with van der Waals surface area (Å²) in [6, 6.07) is 3.81. The zero-order valence-electron chi connectivity index (χ0n) is 11.7. The second kappa shape index (κ2) is 4.89. The lowest BCUT2D eigenvalue weighted by molar-refractivity contribution is 0.100. The van der Waals surface area contributed by atoms with Gasteiger partial charge in [0, 0.05) is 19.2 Å². The standard InChI is InChI=1S/C13H10N4O3S2/c1-6-11(22-16-15-6)12(18)14-13-17(2)7-3-8-9(20-5-19-8)4-10(7)21-13/h3-4H,5H2,1-2H3. The van der Waals surface area contributed by atoms with Crippen molar-refractivity contribution >= 4 is 39.0 Å². The summed E-state index contributed by atoms with van der Waals surface area (Å²) in [5.41, 5.74) is 1.54. The average Bonchev–Trinajstić information content (AvgIpc) is 3.18. The van der Waals surface area contributed by atoms with Crippen LogP contribution in [-0.4, -0.2) is 26.9 Å². The lowest BCUT2D eigenvalue weighted by atomic mass is 10.3. The zero-order valence-corrected chi connectivity index (χ0v) is 13.3. The summed E-state index contributed by atoms with van der Waals surface area (Å²) in [5, 5.41) is 3.84. The quantitative estimate of drug-likeness (QED) is 0.679. The molecule has 0 bridgehead atoms. The van der Waals surface area contributed by atoms with Gasteiger partial charge in [0.2, 0.25) is 6.79 Å². The number of nitrogens with zero attached hydrogens (tertiary/aromatic N) is 4. The smallest absolute Gasteiger partial charge is 0.293 e. The molecular weight excluding hydrogens is 324 g/mol. The third kappa shape index (κ3) is 2.01. The summed E-state index contributed by atoms with van der Waals surface area (Å²) in [6.07, 6.45) is 0. The molecule has 0 N–H and O–H groups in total. The number of amides is 1. The zero-order chi connectivity index (χ0) is 15.3. The van der Waals surface area contributed by atoms with Crippen LogP contribution in [0.1, 0.15) is 15.4 Å². The van der Waals surface area contributed by atoms with Crippen molar-refractivity contribution in [2.45, 2.75) is 6.92 Å².